The predicted molar refractivity (Wildman–Crippen MR) is 83.8 cm³/mol. The summed E-state index contributed by atoms with van der Waals surface area (Å²) in [6, 6.07) is 8.93. The molecule has 1 aromatic carbocycles. The van der Waals surface area contributed by atoms with Gasteiger partial charge in [0.15, 0.2) is 0 Å². The number of benzene rings is 1. The number of rotatable bonds is 7. The molecule has 0 saturated heterocycles. The number of anilines is 1. The maximum absolute atomic E-state index is 14.1. The lowest BCUT2D eigenvalue weighted by Crippen LogP contribution is -2.27. The van der Waals surface area contributed by atoms with Crippen molar-refractivity contribution < 1.29 is 4.39 Å². The smallest absolute Gasteiger partial charge is 0.146 e. The fraction of sp³-hybridized carbons (Fsp3) is 0.438. The number of nitrogens with two attached hydrogens (primary N) is 1. The lowest BCUT2D eigenvalue weighted by molar-refractivity contribution is 0.586. The number of halogens is 1. The Morgan fingerprint density at radius 1 is 1.33 bits per heavy atom. The Bertz CT molecular complexity index is 579. The summed E-state index contributed by atoms with van der Waals surface area (Å²) in [5.41, 5.74) is 8.30. The Labute approximate surface area is 125 Å². The van der Waals surface area contributed by atoms with Crippen LogP contribution in [-0.2, 0) is 13.1 Å². The lowest BCUT2D eigenvalue weighted by Gasteiger charge is -2.25. The summed E-state index contributed by atoms with van der Waals surface area (Å²) in [5.74, 6) is -0.200. The van der Waals surface area contributed by atoms with E-state index in [-0.39, 0.29) is 5.82 Å². The molecule has 0 aliphatic carbocycles. The average Bonchev–Trinajstić information content (AvgIpc) is 2.84. The summed E-state index contributed by atoms with van der Waals surface area (Å²) in [7, 11) is 0. The average molecular weight is 290 g/mol. The van der Waals surface area contributed by atoms with Crippen LogP contribution in [-0.4, -0.2) is 22.9 Å². The van der Waals surface area contributed by atoms with Crippen molar-refractivity contribution in [2.24, 2.45) is 5.73 Å². The number of para-hydroxylation sites is 1. The molecule has 0 aliphatic rings. The van der Waals surface area contributed by atoms with Gasteiger partial charge in [-0.2, -0.15) is 5.10 Å². The highest BCUT2D eigenvalue weighted by atomic mass is 19.1. The van der Waals surface area contributed by atoms with E-state index in [9.17, 15) is 4.39 Å². The molecule has 0 aliphatic heterocycles. The minimum Gasteiger partial charge on any atom is -0.363 e. The van der Waals surface area contributed by atoms with Gasteiger partial charge in [0.25, 0.3) is 0 Å². The highest BCUT2D eigenvalue weighted by molar-refractivity contribution is 5.47. The Morgan fingerprint density at radius 3 is 2.76 bits per heavy atom. The molecule has 2 rings (SSSR count). The number of aromatic nitrogens is 2. The van der Waals surface area contributed by atoms with Crippen molar-refractivity contribution in [2.45, 2.75) is 33.4 Å². The Hall–Kier alpha value is -1.88. The van der Waals surface area contributed by atoms with Crippen LogP contribution in [0.2, 0.25) is 0 Å². The summed E-state index contributed by atoms with van der Waals surface area (Å²) in [4.78, 5) is 2.03. The van der Waals surface area contributed by atoms with E-state index in [1.165, 1.54) is 6.07 Å². The molecule has 0 atom stereocenters. The number of hydrogen-bond acceptors (Lipinski definition) is 3. The number of hydrogen-bond donors (Lipinski definition) is 1. The van der Waals surface area contributed by atoms with E-state index < -0.39 is 0 Å². The van der Waals surface area contributed by atoms with Crippen molar-refractivity contribution in [1.82, 2.24) is 9.78 Å². The third-order valence-electron chi connectivity index (χ3n) is 3.46. The molecule has 5 heteroatoms. The first kappa shape index (κ1) is 15.5. The second kappa shape index (κ2) is 7.22. The molecule has 0 unspecified atom stereocenters. The molecule has 1 aromatic heterocycles. The Morgan fingerprint density at radius 2 is 2.10 bits per heavy atom. The molecule has 0 spiro atoms. The van der Waals surface area contributed by atoms with Crippen molar-refractivity contribution in [2.75, 3.05) is 18.0 Å². The Balaban J connectivity index is 2.26. The van der Waals surface area contributed by atoms with Crippen LogP contribution in [0.15, 0.2) is 30.3 Å². The van der Waals surface area contributed by atoms with Crippen LogP contribution in [0.5, 0.6) is 0 Å². The van der Waals surface area contributed by atoms with Crippen molar-refractivity contribution in [3.8, 4) is 0 Å². The maximum Gasteiger partial charge on any atom is 0.146 e. The highest BCUT2D eigenvalue weighted by Gasteiger charge is 2.14. The molecular weight excluding hydrogens is 267 g/mol. The van der Waals surface area contributed by atoms with Gasteiger partial charge >= 0.3 is 0 Å². The van der Waals surface area contributed by atoms with E-state index >= 15 is 0 Å². The monoisotopic (exact) mass is 290 g/mol. The van der Waals surface area contributed by atoms with Crippen molar-refractivity contribution in [3.63, 3.8) is 0 Å². The van der Waals surface area contributed by atoms with Crippen LogP contribution in [0.1, 0.15) is 24.7 Å². The molecule has 2 N–H and O–H groups in total. The van der Waals surface area contributed by atoms with E-state index in [0.717, 1.165) is 30.9 Å². The van der Waals surface area contributed by atoms with E-state index in [2.05, 4.69) is 18.1 Å². The summed E-state index contributed by atoms with van der Waals surface area (Å²) >= 11 is 0. The molecule has 0 saturated carbocycles. The van der Waals surface area contributed by atoms with Crippen LogP contribution in [0, 0.1) is 12.7 Å². The first-order valence-electron chi connectivity index (χ1n) is 7.38. The van der Waals surface area contributed by atoms with Crippen LogP contribution >= 0.6 is 0 Å². The zero-order valence-electron chi connectivity index (χ0n) is 12.7. The molecule has 0 radical (unpaired) electrons. The molecule has 4 nitrogen and oxygen atoms in total. The van der Waals surface area contributed by atoms with E-state index in [1.54, 1.807) is 6.07 Å². The van der Waals surface area contributed by atoms with Crippen LogP contribution < -0.4 is 10.6 Å². The molecule has 2 aromatic rings. The summed E-state index contributed by atoms with van der Waals surface area (Å²) < 4.78 is 16.0. The van der Waals surface area contributed by atoms with Crippen LogP contribution in [0.25, 0.3) is 0 Å². The normalized spacial score (nSPS) is 10.9. The summed E-state index contributed by atoms with van der Waals surface area (Å²) in [5, 5.41) is 4.45. The Kier molecular flexibility index (Phi) is 5.33. The molecule has 1 heterocycles. The first-order valence-corrected chi connectivity index (χ1v) is 7.38. The van der Waals surface area contributed by atoms with Gasteiger partial charge in [0.2, 0.25) is 0 Å². The lowest BCUT2D eigenvalue weighted by atomic mass is 10.2. The van der Waals surface area contributed by atoms with Crippen LogP contribution in [0.4, 0.5) is 10.1 Å². The maximum atomic E-state index is 14.1. The molecule has 114 valence electrons. The van der Waals surface area contributed by atoms with E-state index in [0.29, 0.717) is 18.8 Å². The minimum atomic E-state index is -0.200. The molecule has 0 amide bonds. The van der Waals surface area contributed by atoms with Gasteiger partial charge in [-0.25, -0.2) is 4.39 Å². The highest BCUT2D eigenvalue weighted by Crippen LogP contribution is 2.21. The third kappa shape index (κ3) is 3.82. The van der Waals surface area contributed by atoms with Crippen molar-refractivity contribution in [3.05, 3.63) is 47.5 Å². The first-order chi connectivity index (χ1) is 10.2. The second-order valence-electron chi connectivity index (χ2n) is 5.11. The zero-order valence-corrected chi connectivity index (χ0v) is 12.7. The fourth-order valence-corrected chi connectivity index (χ4v) is 2.47. The molecular formula is C16H23FN4. The quantitative estimate of drug-likeness (QED) is 0.853. The van der Waals surface area contributed by atoms with Gasteiger partial charge in [0.1, 0.15) is 5.82 Å². The number of nitrogens with zero attached hydrogens (tertiary/aromatic N) is 3. The zero-order chi connectivity index (χ0) is 15.2. The SMILES string of the molecule is CCn1nc(C)cc1CN(CCCN)c1ccccc1F. The summed E-state index contributed by atoms with van der Waals surface area (Å²) in [6.45, 7) is 6.80. The fourth-order valence-electron chi connectivity index (χ4n) is 2.47. The van der Waals surface area contributed by atoms with Gasteiger partial charge in [-0.1, -0.05) is 12.1 Å². The van der Waals surface area contributed by atoms with Crippen molar-refractivity contribution in [1.29, 1.82) is 0 Å². The van der Waals surface area contributed by atoms with E-state index in [4.69, 9.17) is 5.73 Å². The van der Waals surface area contributed by atoms with E-state index in [1.807, 2.05) is 28.6 Å². The third-order valence-corrected chi connectivity index (χ3v) is 3.46. The summed E-state index contributed by atoms with van der Waals surface area (Å²) in [6.07, 6.45) is 0.827. The van der Waals surface area contributed by atoms with Gasteiger partial charge in [0, 0.05) is 13.1 Å². The van der Waals surface area contributed by atoms with Gasteiger partial charge in [-0.05, 0) is 45.0 Å². The van der Waals surface area contributed by atoms with Gasteiger partial charge < -0.3 is 10.6 Å². The topological polar surface area (TPSA) is 47.1 Å². The van der Waals surface area contributed by atoms with Gasteiger partial charge in [-0.3, -0.25) is 4.68 Å². The van der Waals surface area contributed by atoms with Crippen molar-refractivity contribution >= 4 is 5.69 Å². The van der Waals surface area contributed by atoms with Gasteiger partial charge in [0.05, 0.1) is 23.6 Å². The van der Waals surface area contributed by atoms with Crippen LogP contribution in [0.3, 0.4) is 0 Å². The second-order valence-corrected chi connectivity index (χ2v) is 5.11. The molecule has 21 heavy (non-hydrogen) atoms. The largest absolute Gasteiger partial charge is 0.363 e. The predicted octanol–water partition coefficient (Wildman–Crippen LogP) is 2.71. The molecule has 0 fully saturated rings. The number of aryl methyl sites for hydroxylation is 2. The standard InChI is InChI=1S/C16H23FN4/c1-3-21-14(11-13(2)19-21)12-20(10-6-9-18)16-8-5-4-7-15(16)17/h4-5,7-8,11H,3,6,9-10,12,18H2,1-2H3. The molecule has 0 bridgehead atoms. The van der Waals surface area contributed by atoms with Gasteiger partial charge in [-0.15, -0.1) is 0 Å². The minimum absolute atomic E-state index is 0.200.